The molecule has 0 atom stereocenters. The maximum absolute atomic E-state index is 14.8. The lowest BCUT2D eigenvalue weighted by Crippen LogP contribution is -2.49. The zero-order chi connectivity index (χ0) is 25.8. The van der Waals surface area contributed by atoms with E-state index in [2.05, 4.69) is 31.2 Å². The second-order valence-corrected chi connectivity index (χ2v) is 9.52. The quantitative estimate of drug-likeness (QED) is 0.460. The second kappa shape index (κ2) is 11.5. The van der Waals surface area contributed by atoms with Crippen LogP contribution in [0.5, 0.6) is 11.5 Å². The number of methoxy groups -OCH3 is 2. The van der Waals surface area contributed by atoms with Crippen LogP contribution in [-0.2, 0) is 4.74 Å². The molecule has 2 aromatic carbocycles. The Hall–Kier alpha value is -3.14. The summed E-state index contributed by atoms with van der Waals surface area (Å²) in [4.78, 5) is 13.7. The van der Waals surface area contributed by atoms with E-state index in [0.29, 0.717) is 28.9 Å². The molecule has 2 saturated heterocycles. The Balaban J connectivity index is 1.25. The third-order valence-corrected chi connectivity index (χ3v) is 7.34. The Morgan fingerprint density at radius 3 is 2.41 bits per heavy atom. The minimum absolute atomic E-state index is 0.00323. The van der Waals surface area contributed by atoms with Crippen LogP contribution in [0, 0.1) is 5.82 Å². The van der Waals surface area contributed by atoms with E-state index in [9.17, 15) is 4.39 Å². The molecule has 8 nitrogen and oxygen atoms in total. The van der Waals surface area contributed by atoms with Crippen LogP contribution in [0.2, 0.25) is 5.02 Å². The Kier molecular flexibility index (Phi) is 7.93. The van der Waals surface area contributed by atoms with E-state index < -0.39 is 5.82 Å². The van der Waals surface area contributed by atoms with Crippen molar-refractivity contribution in [2.45, 2.75) is 18.9 Å². The first-order chi connectivity index (χ1) is 18.1. The molecule has 5 rings (SSSR count). The molecule has 1 aromatic heterocycles. The van der Waals surface area contributed by atoms with Crippen molar-refractivity contribution in [3.63, 3.8) is 0 Å². The van der Waals surface area contributed by atoms with E-state index in [4.69, 9.17) is 25.8 Å². The molecule has 2 aliphatic rings. The molecular weight excluding hydrogens is 497 g/mol. The molecule has 0 bridgehead atoms. The number of rotatable bonds is 7. The number of hydrogen-bond donors (Lipinski definition) is 1. The summed E-state index contributed by atoms with van der Waals surface area (Å²) in [6.07, 6.45) is 5.40. The number of piperidine rings is 1. The molecule has 2 aliphatic heterocycles. The highest BCUT2D eigenvalue weighted by Gasteiger charge is 2.26. The van der Waals surface area contributed by atoms with E-state index in [1.807, 2.05) is 12.1 Å². The van der Waals surface area contributed by atoms with E-state index in [-0.39, 0.29) is 10.8 Å². The van der Waals surface area contributed by atoms with Gasteiger partial charge in [0.2, 0.25) is 5.95 Å². The number of halogens is 2. The van der Waals surface area contributed by atoms with Gasteiger partial charge in [-0.05, 0) is 37.1 Å². The first-order valence-electron chi connectivity index (χ1n) is 12.4. The maximum Gasteiger partial charge on any atom is 0.227 e. The van der Waals surface area contributed by atoms with Gasteiger partial charge >= 0.3 is 0 Å². The lowest BCUT2D eigenvalue weighted by atomic mass is 10.0. The van der Waals surface area contributed by atoms with Crippen LogP contribution in [-0.4, -0.2) is 74.5 Å². The Labute approximate surface area is 221 Å². The van der Waals surface area contributed by atoms with Gasteiger partial charge < -0.3 is 24.4 Å². The van der Waals surface area contributed by atoms with Gasteiger partial charge in [-0.25, -0.2) is 14.4 Å². The van der Waals surface area contributed by atoms with Crippen LogP contribution in [0.3, 0.4) is 0 Å². The van der Waals surface area contributed by atoms with Gasteiger partial charge in [0.1, 0.15) is 5.75 Å². The molecular formula is C27H31ClFN5O3. The third-order valence-electron chi connectivity index (χ3n) is 7.04. The zero-order valence-corrected chi connectivity index (χ0v) is 21.8. The minimum Gasteiger partial charge on any atom is -0.494 e. The van der Waals surface area contributed by atoms with Crippen LogP contribution < -0.4 is 19.7 Å². The summed E-state index contributed by atoms with van der Waals surface area (Å²) >= 11 is 6.01. The van der Waals surface area contributed by atoms with Crippen molar-refractivity contribution in [3.8, 4) is 22.6 Å². The monoisotopic (exact) mass is 527 g/mol. The number of hydrogen-bond acceptors (Lipinski definition) is 8. The molecule has 196 valence electrons. The largest absolute Gasteiger partial charge is 0.494 e. The van der Waals surface area contributed by atoms with Gasteiger partial charge in [0.05, 0.1) is 38.1 Å². The Morgan fingerprint density at radius 1 is 1.00 bits per heavy atom. The summed E-state index contributed by atoms with van der Waals surface area (Å²) in [6.45, 7) is 5.76. The number of anilines is 3. The van der Waals surface area contributed by atoms with E-state index in [0.717, 1.165) is 63.6 Å². The second-order valence-electron chi connectivity index (χ2n) is 9.11. The van der Waals surface area contributed by atoms with Crippen molar-refractivity contribution < 1.29 is 18.6 Å². The van der Waals surface area contributed by atoms with E-state index in [1.54, 1.807) is 31.6 Å². The number of nitrogens with zero attached hydrogens (tertiary/aromatic N) is 4. The fourth-order valence-electron chi connectivity index (χ4n) is 5.01. The number of benzene rings is 2. The highest BCUT2D eigenvalue weighted by Crippen LogP contribution is 2.36. The number of aromatic nitrogens is 2. The highest BCUT2D eigenvalue weighted by atomic mass is 35.5. The number of nitrogens with one attached hydrogen (secondary N) is 1. The molecule has 0 saturated carbocycles. The predicted octanol–water partition coefficient (Wildman–Crippen LogP) is 5.00. The minimum atomic E-state index is -0.550. The standard InChI is InChI=1S/C27H31ClFN5O3/c1-35-24-15-20(33-9-7-19(8-10-33)34-11-13-37-14-12-34)3-6-23(24)32-27-30-16-18(17-31-27)21-4-5-22(28)26(36-2)25(21)29/h3-6,15-17,19H,7-14H2,1-2H3,(H,30,31,32). The van der Waals surface area contributed by atoms with Crippen molar-refractivity contribution in [2.24, 2.45) is 0 Å². The zero-order valence-electron chi connectivity index (χ0n) is 21.0. The normalized spacial score (nSPS) is 17.0. The lowest BCUT2D eigenvalue weighted by Gasteiger charge is -2.40. The molecule has 37 heavy (non-hydrogen) atoms. The molecule has 0 spiro atoms. The average molecular weight is 528 g/mol. The third kappa shape index (κ3) is 5.58. The lowest BCUT2D eigenvalue weighted by molar-refractivity contribution is 0.0115. The summed E-state index contributed by atoms with van der Waals surface area (Å²) in [7, 11) is 3.03. The Bertz CT molecular complexity index is 1220. The van der Waals surface area contributed by atoms with Gasteiger partial charge in [-0.3, -0.25) is 4.90 Å². The van der Waals surface area contributed by atoms with Gasteiger partial charge in [0.25, 0.3) is 0 Å². The fourth-order valence-corrected chi connectivity index (χ4v) is 5.23. The van der Waals surface area contributed by atoms with Gasteiger partial charge in [0.15, 0.2) is 11.6 Å². The van der Waals surface area contributed by atoms with Crippen LogP contribution in [0.4, 0.5) is 21.7 Å². The first kappa shape index (κ1) is 25.5. The molecule has 10 heteroatoms. The molecule has 0 unspecified atom stereocenters. The molecule has 0 aliphatic carbocycles. The fraction of sp³-hybridized carbons (Fsp3) is 0.407. The van der Waals surface area contributed by atoms with E-state index in [1.165, 1.54) is 7.11 Å². The summed E-state index contributed by atoms with van der Waals surface area (Å²) in [5.41, 5.74) is 2.71. The molecule has 0 radical (unpaired) electrons. The van der Waals surface area contributed by atoms with Gasteiger partial charge in [-0.1, -0.05) is 11.6 Å². The van der Waals surface area contributed by atoms with Crippen molar-refractivity contribution in [3.05, 3.63) is 53.6 Å². The van der Waals surface area contributed by atoms with Crippen molar-refractivity contribution in [1.82, 2.24) is 14.9 Å². The first-order valence-corrected chi connectivity index (χ1v) is 12.8. The summed E-state index contributed by atoms with van der Waals surface area (Å²) in [5.74, 6) is 0.526. The molecule has 1 N–H and O–H groups in total. The molecule has 3 aromatic rings. The van der Waals surface area contributed by atoms with Crippen LogP contribution in [0.15, 0.2) is 42.7 Å². The molecule has 2 fully saturated rings. The van der Waals surface area contributed by atoms with Crippen LogP contribution in [0.25, 0.3) is 11.1 Å². The van der Waals surface area contributed by atoms with Crippen LogP contribution in [0.1, 0.15) is 12.8 Å². The number of morpholine rings is 1. The maximum atomic E-state index is 14.8. The Morgan fingerprint density at radius 2 is 1.73 bits per heavy atom. The molecule has 3 heterocycles. The predicted molar refractivity (Wildman–Crippen MR) is 143 cm³/mol. The molecule has 0 amide bonds. The summed E-state index contributed by atoms with van der Waals surface area (Å²) in [5, 5.41) is 3.41. The smallest absolute Gasteiger partial charge is 0.227 e. The average Bonchev–Trinajstić information content (AvgIpc) is 2.95. The van der Waals surface area contributed by atoms with E-state index >= 15 is 0 Å². The highest BCUT2D eigenvalue weighted by molar-refractivity contribution is 6.32. The van der Waals surface area contributed by atoms with Gasteiger partial charge in [-0.2, -0.15) is 0 Å². The van der Waals surface area contributed by atoms with Crippen molar-refractivity contribution >= 4 is 28.9 Å². The van der Waals surface area contributed by atoms with Crippen LogP contribution >= 0.6 is 11.6 Å². The topological polar surface area (TPSA) is 72.0 Å². The summed E-state index contributed by atoms with van der Waals surface area (Å²) < 4.78 is 31.0. The van der Waals surface area contributed by atoms with Crippen molar-refractivity contribution in [1.29, 1.82) is 0 Å². The summed E-state index contributed by atoms with van der Waals surface area (Å²) in [6, 6.07) is 9.90. The number of ether oxygens (including phenoxy) is 3. The van der Waals surface area contributed by atoms with Gasteiger partial charge in [0, 0.05) is 67.5 Å². The van der Waals surface area contributed by atoms with Crippen molar-refractivity contribution in [2.75, 3.05) is 63.8 Å². The SMILES string of the molecule is COc1cc(N2CCC(N3CCOCC3)CC2)ccc1Nc1ncc(-c2ccc(Cl)c(OC)c2F)cn1. The van der Waals surface area contributed by atoms with Gasteiger partial charge in [-0.15, -0.1) is 0 Å².